The van der Waals surface area contributed by atoms with Crippen molar-refractivity contribution in [1.82, 2.24) is 10.2 Å². The first-order chi connectivity index (χ1) is 13.4. The third kappa shape index (κ3) is 4.43. The zero-order valence-corrected chi connectivity index (χ0v) is 17.8. The maximum atomic E-state index is 12.6. The van der Waals surface area contributed by atoms with E-state index in [0.717, 1.165) is 14.8 Å². The van der Waals surface area contributed by atoms with Gasteiger partial charge >= 0.3 is 0 Å². The minimum absolute atomic E-state index is 0.0438. The average Bonchev–Trinajstić information content (AvgIpc) is 3.26. The molecule has 1 N–H and O–H groups in total. The first kappa shape index (κ1) is 19.9. The number of hydrogen-bond donors (Lipinski definition) is 1. The summed E-state index contributed by atoms with van der Waals surface area (Å²) in [6, 6.07) is 13.4. The molecule has 1 amide bonds. The van der Waals surface area contributed by atoms with E-state index in [2.05, 4.69) is 10.2 Å². The molecule has 2 saturated heterocycles. The van der Waals surface area contributed by atoms with Crippen LogP contribution in [0.15, 0.2) is 42.5 Å². The monoisotopic (exact) mass is 438 g/mol. The average molecular weight is 439 g/mol. The summed E-state index contributed by atoms with van der Waals surface area (Å²) in [6.45, 7) is 1.90. The van der Waals surface area contributed by atoms with Crippen molar-refractivity contribution in [3.63, 3.8) is 0 Å². The molecule has 3 atom stereocenters. The predicted molar refractivity (Wildman–Crippen MR) is 112 cm³/mol. The van der Waals surface area contributed by atoms with E-state index in [-0.39, 0.29) is 23.6 Å². The van der Waals surface area contributed by atoms with Gasteiger partial charge in [0.25, 0.3) is 0 Å². The van der Waals surface area contributed by atoms with Crippen molar-refractivity contribution in [1.29, 1.82) is 0 Å². The molecule has 3 heterocycles. The smallest absolute Gasteiger partial charge is 0.224 e. The number of nitrogens with one attached hydrogen (secondary N) is 1. The number of hydrogen-bond acceptors (Lipinski definition) is 5. The Morgan fingerprint density at radius 2 is 1.96 bits per heavy atom. The van der Waals surface area contributed by atoms with Gasteiger partial charge in [0.05, 0.1) is 21.8 Å². The van der Waals surface area contributed by atoms with Gasteiger partial charge in [-0.05, 0) is 24.1 Å². The number of amides is 1. The zero-order valence-electron chi connectivity index (χ0n) is 15.4. The normalized spacial score (nSPS) is 26.7. The van der Waals surface area contributed by atoms with Crippen molar-refractivity contribution in [3.8, 4) is 0 Å². The molecule has 0 spiro atoms. The zero-order chi connectivity index (χ0) is 19.7. The SMILES string of the molecule is O=C(Cc1ccccc1)N[C@@H]1CCS(=O)(=O)[C@@H]2CN(Cc3ccc(Cl)s3)C[C@H]21. The van der Waals surface area contributed by atoms with E-state index < -0.39 is 15.1 Å². The van der Waals surface area contributed by atoms with Crippen LogP contribution in [0.5, 0.6) is 0 Å². The molecule has 2 aromatic rings. The van der Waals surface area contributed by atoms with E-state index >= 15 is 0 Å². The van der Waals surface area contributed by atoms with E-state index in [0.29, 0.717) is 32.5 Å². The summed E-state index contributed by atoms with van der Waals surface area (Å²) < 4.78 is 26.0. The molecule has 0 unspecified atom stereocenters. The summed E-state index contributed by atoms with van der Waals surface area (Å²) in [5.41, 5.74) is 0.961. The summed E-state index contributed by atoms with van der Waals surface area (Å²) >= 11 is 7.54. The molecule has 1 aromatic carbocycles. The van der Waals surface area contributed by atoms with E-state index in [1.54, 1.807) is 0 Å². The van der Waals surface area contributed by atoms with Crippen LogP contribution in [0.2, 0.25) is 4.34 Å². The molecule has 4 rings (SSSR count). The molecule has 150 valence electrons. The second kappa shape index (κ2) is 8.14. The Balaban J connectivity index is 1.43. The van der Waals surface area contributed by atoms with Gasteiger partial charge in [0, 0.05) is 36.5 Å². The maximum absolute atomic E-state index is 12.6. The highest BCUT2D eigenvalue weighted by Gasteiger charge is 2.48. The molecular formula is C20H23ClN2O3S2. The van der Waals surface area contributed by atoms with Gasteiger partial charge in [-0.2, -0.15) is 0 Å². The van der Waals surface area contributed by atoms with Gasteiger partial charge in [0.15, 0.2) is 9.84 Å². The van der Waals surface area contributed by atoms with Gasteiger partial charge in [-0.3, -0.25) is 9.69 Å². The molecule has 1 aromatic heterocycles. The molecule has 0 radical (unpaired) electrons. The van der Waals surface area contributed by atoms with Crippen molar-refractivity contribution in [2.75, 3.05) is 18.8 Å². The molecular weight excluding hydrogens is 416 g/mol. The van der Waals surface area contributed by atoms with Crippen LogP contribution in [0, 0.1) is 5.92 Å². The number of carbonyl (C=O) groups excluding carboxylic acids is 1. The van der Waals surface area contributed by atoms with E-state index in [1.807, 2.05) is 42.5 Å². The third-order valence-electron chi connectivity index (χ3n) is 5.64. The Kier molecular flexibility index (Phi) is 5.78. The van der Waals surface area contributed by atoms with Crippen molar-refractivity contribution < 1.29 is 13.2 Å². The Morgan fingerprint density at radius 3 is 2.68 bits per heavy atom. The lowest BCUT2D eigenvalue weighted by Gasteiger charge is -2.33. The fraction of sp³-hybridized carbons (Fsp3) is 0.450. The first-order valence-electron chi connectivity index (χ1n) is 9.42. The fourth-order valence-electron chi connectivity index (χ4n) is 4.31. The quantitative estimate of drug-likeness (QED) is 0.779. The summed E-state index contributed by atoms with van der Waals surface area (Å²) in [4.78, 5) is 15.8. The molecule has 0 bridgehead atoms. The lowest BCUT2D eigenvalue weighted by Crippen LogP contribution is -2.52. The largest absolute Gasteiger partial charge is 0.353 e. The van der Waals surface area contributed by atoms with Crippen molar-refractivity contribution in [3.05, 3.63) is 57.2 Å². The lowest BCUT2D eigenvalue weighted by atomic mass is 9.95. The second-order valence-electron chi connectivity index (χ2n) is 7.59. The van der Waals surface area contributed by atoms with Gasteiger partial charge in [-0.15, -0.1) is 11.3 Å². The van der Waals surface area contributed by atoms with Crippen LogP contribution in [0.3, 0.4) is 0 Å². The maximum Gasteiger partial charge on any atom is 0.224 e. The van der Waals surface area contributed by atoms with Crippen molar-refractivity contribution in [2.24, 2.45) is 5.92 Å². The number of thiophene rings is 1. The molecule has 28 heavy (non-hydrogen) atoms. The molecule has 2 fully saturated rings. The third-order valence-corrected chi connectivity index (χ3v) is 9.08. The number of likely N-dealkylation sites (tertiary alicyclic amines) is 1. The van der Waals surface area contributed by atoms with E-state index in [4.69, 9.17) is 11.6 Å². The number of sulfone groups is 1. The highest BCUT2D eigenvalue weighted by atomic mass is 35.5. The Morgan fingerprint density at radius 1 is 1.18 bits per heavy atom. The van der Waals surface area contributed by atoms with Crippen LogP contribution in [0.1, 0.15) is 16.9 Å². The minimum atomic E-state index is -3.12. The highest BCUT2D eigenvalue weighted by Crippen LogP contribution is 2.34. The van der Waals surface area contributed by atoms with Gasteiger partial charge in [0.1, 0.15) is 0 Å². The summed E-state index contributed by atoms with van der Waals surface area (Å²) in [5, 5.41) is 2.71. The highest BCUT2D eigenvalue weighted by molar-refractivity contribution is 7.92. The molecule has 2 aliphatic heterocycles. The first-order valence-corrected chi connectivity index (χ1v) is 12.3. The van der Waals surface area contributed by atoms with Crippen LogP contribution in [-0.4, -0.2) is 49.4 Å². The van der Waals surface area contributed by atoms with Crippen LogP contribution >= 0.6 is 22.9 Å². The summed E-state index contributed by atoms with van der Waals surface area (Å²) in [7, 11) is -3.12. The molecule has 2 aliphatic rings. The number of fused-ring (bicyclic) bond motifs is 1. The van der Waals surface area contributed by atoms with Crippen molar-refractivity contribution in [2.45, 2.75) is 30.7 Å². The Bertz CT molecular complexity index is 945. The summed E-state index contributed by atoms with van der Waals surface area (Å²) in [5.74, 6) is 0.0370. The van der Waals surface area contributed by atoms with E-state index in [1.165, 1.54) is 11.3 Å². The number of carbonyl (C=O) groups is 1. The number of nitrogens with zero attached hydrogens (tertiary/aromatic N) is 1. The van der Waals surface area contributed by atoms with Gasteiger partial charge in [-0.1, -0.05) is 41.9 Å². The van der Waals surface area contributed by atoms with Crippen molar-refractivity contribution >= 4 is 38.7 Å². The van der Waals surface area contributed by atoms with Gasteiger partial charge in [-0.25, -0.2) is 8.42 Å². The fourth-order valence-corrected chi connectivity index (χ4v) is 7.57. The predicted octanol–water partition coefficient (Wildman–Crippen LogP) is 2.75. The van der Waals surface area contributed by atoms with Gasteiger partial charge < -0.3 is 5.32 Å². The Labute approximate surface area is 174 Å². The van der Waals surface area contributed by atoms with Crippen LogP contribution in [0.25, 0.3) is 0 Å². The topological polar surface area (TPSA) is 66.5 Å². The molecule has 0 saturated carbocycles. The molecule has 0 aliphatic carbocycles. The number of benzene rings is 1. The van der Waals surface area contributed by atoms with Crippen LogP contribution in [0.4, 0.5) is 0 Å². The van der Waals surface area contributed by atoms with Crippen LogP contribution < -0.4 is 5.32 Å². The summed E-state index contributed by atoms with van der Waals surface area (Å²) in [6.07, 6.45) is 0.807. The molecule has 8 heteroatoms. The minimum Gasteiger partial charge on any atom is -0.353 e. The molecule has 5 nitrogen and oxygen atoms in total. The standard InChI is InChI=1S/C20H23ClN2O3S2/c21-19-7-6-15(27-19)11-23-12-16-17(8-9-28(25,26)18(16)13-23)22-20(24)10-14-4-2-1-3-5-14/h1-7,16-18H,8-13H2,(H,22,24)/t16-,17+,18+/m0/s1. The second-order valence-corrected chi connectivity index (χ2v) is 11.7. The lowest BCUT2D eigenvalue weighted by molar-refractivity contribution is -0.121. The van der Waals surface area contributed by atoms with E-state index in [9.17, 15) is 13.2 Å². The van der Waals surface area contributed by atoms with Crippen LogP contribution in [-0.2, 0) is 27.6 Å². The van der Waals surface area contributed by atoms with Gasteiger partial charge in [0.2, 0.25) is 5.91 Å². The Hall–Kier alpha value is -1.41. The number of rotatable bonds is 5. The number of halogens is 1.